The van der Waals surface area contributed by atoms with Gasteiger partial charge in [0.2, 0.25) is 0 Å². The molecular formula is C16H17N3O4S. The van der Waals surface area contributed by atoms with Crippen molar-refractivity contribution < 1.29 is 19.1 Å². The fraction of sp³-hybridized carbons (Fsp3) is 0.250. The van der Waals surface area contributed by atoms with E-state index in [-0.39, 0.29) is 6.42 Å². The molecule has 7 nitrogen and oxygen atoms in total. The Morgan fingerprint density at radius 2 is 1.96 bits per heavy atom. The lowest BCUT2D eigenvalue weighted by molar-refractivity contribution is -0.153. The molecule has 24 heavy (non-hydrogen) atoms. The molecule has 3 amide bonds. The van der Waals surface area contributed by atoms with E-state index in [0.717, 1.165) is 5.01 Å². The summed E-state index contributed by atoms with van der Waals surface area (Å²) < 4.78 is 5.01. The Hall–Kier alpha value is -2.74. The van der Waals surface area contributed by atoms with E-state index in [1.54, 1.807) is 35.7 Å². The number of aromatic nitrogens is 1. The monoisotopic (exact) mass is 347 g/mol. The molecule has 2 rings (SSSR count). The number of nitrogens with one attached hydrogen (secondary N) is 2. The minimum absolute atomic E-state index is 0.0157. The van der Waals surface area contributed by atoms with Crippen LogP contribution in [0.1, 0.15) is 17.6 Å². The molecule has 2 N–H and O–H groups in total. The first kappa shape index (κ1) is 17.6. The largest absolute Gasteiger partial charge is 0.452 e. The molecule has 1 heterocycles. The summed E-state index contributed by atoms with van der Waals surface area (Å²) in [6, 6.07) is 7.99. The zero-order chi connectivity index (χ0) is 17.5. The molecule has 1 aromatic carbocycles. The molecule has 1 atom stereocenters. The predicted octanol–water partition coefficient (Wildman–Crippen LogP) is 2.27. The average Bonchev–Trinajstić information content (AvgIpc) is 2.92. The van der Waals surface area contributed by atoms with Crippen LogP contribution in [-0.4, -0.2) is 29.0 Å². The summed E-state index contributed by atoms with van der Waals surface area (Å²) in [4.78, 5) is 39.5. The number of hydrogen-bond donors (Lipinski definition) is 2. The van der Waals surface area contributed by atoms with Crippen molar-refractivity contribution in [1.29, 1.82) is 0 Å². The van der Waals surface area contributed by atoms with Crippen LogP contribution in [-0.2, 0) is 20.7 Å². The van der Waals surface area contributed by atoms with Crippen molar-refractivity contribution >= 4 is 34.9 Å². The third-order valence-electron chi connectivity index (χ3n) is 2.94. The van der Waals surface area contributed by atoms with E-state index in [1.165, 1.54) is 18.3 Å². The van der Waals surface area contributed by atoms with Gasteiger partial charge < -0.3 is 10.1 Å². The van der Waals surface area contributed by atoms with Gasteiger partial charge >= 0.3 is 12.0 Å². The molecule has 0 aliphatic rings. The van der Waals surface area contributed by atoms with Gasteiger partial charge in [-0.05, 0) is 26.0 Å². The highest BCUT2D eigenvalue weighted by atomic mass is 32.1. The minimum Gasteiger partial charge on any atom is -0.452 e. The smallest absolute Gasteiger partial charge is 0.325 e. The minimum atomic E-state index is -1.08. The van der Waals surface area contributed by atoms with E-state index in [2.05, 4.69) is 15.6 Å². The van der Waals surface area contributed by atoms with Crippen molar-refractivity contribution in [2.45, 2.75) is 26.4 Å². The number of nitrogens with zero attached hydrogens (tertiary/aromatic N) is 1. The van der Waals surface area contributed by atoms with Crippen LogP contribution in [0.4, 0.5) is 10.5 Å². The van der Waals surface area contributed by atoms with Gasteiger partial charge in [-0.3, -0.25) is 14.9 Å². The Labute approximate surface area is 143 Å². The van der Waals surface area contributed by atoms with Crippen LogP contribution in [0, 0.1) is 6.92 Å². The molecule has 1 aromatic heterocycles. The Balaban J connectivity index is 1.78. The molecule has 0 fully saturated rings. The molecule has 0 radical (unpaired) electrons. The average molecular weight is 347 g/mol. The van der Waals surface area contributed by atoms with Gasteiger partial charge in [0.15, 0.2) is 6.10 Å². The summed E-state index contributed by atoms with van der Waals surface area (Å²) in [5.41, 5.74) is 1.14. The third kappa shape index (κ3) is 5.47. The first-order chi connectivity index (χ1) is 11.4. The highest BCUT2D eigenvalue weighted by molar-refractivity contribution is 7.09. The van der Waals surface area contributed by atoms with E-state index in [4.69, 9.17) is 4.74 Å². The van der Waals surface area contributed by atoms with E-state index in [1.807, 2.05) is 6.92 Å². The number of ether oxygens (including phenoxy) is 1. The maximum Gasteiger partial charge on any atom is 0.325 e. The van der Waals surface area contributed by atoms with Crippen LogP contribution in [0.5, 0.6) is 0 Å². The summed E-state index contributed by atoms with van der Waals surface area (Å²) >= 11 is 1.43. The number of para-hydroxylation sites is 1. The van der Waals surface area contributed by atoms with E-state index >= 15 is 0 Å². The number of hydrogen-bond acceptors (Lipinski definition) is 6. The Morgan fingerprint density at radius 3 is 2.58 bits per heavy atom. The van der Waals surface area contributed by atoms with Crippen LogP contribution < -0.4 is 10.6 Å². The molecule has 0 aliphatic carbocycles. The Kier molecular flexibility index (Phi) is 6.02. The van der Waals surface area contributed by atoms with Gasteiger partial charge in [-0.25, -0.2) is 9.78 Å². The highest BCUT2D eigenvalue weighted by Crippen LogP contribution is 2.09. The van der Waals surface area contributed by atoms with Crippen molar-refractivity contribution in [2.24, 2.45) is 0 Å². The van der Waals surface area contributed by atoms with Crippen LogP contribution in [0.25, 0.3) is 0 Å². The maximum absolute atomic E-state index is 11.9. The van der Waals surface area contributed by atoms with Gasteiger partial charge in [-0.15, -0.1) is 11.3 Å². The van der Waals surface area contributed by atoms with Gasteiger partial charge in [-0.2, -0.15) is 0 Å². The first-order valence-electron chi connectivity index (χ1n) is 7.21. The lowest BCUT2D eigenvalue weighted by Gasteiger charge is -2.13. The quantitative estimate of drug-likeness (QED) is 0.809. The number of esters is 1. The van der Waals surface area contributed by atoms with Crippen molar-refractivity contribution in [3.8, 4) is 0 Å². The van der Waals surface area contributed by atoms with Crippen molar-refractivity contribution in [3.63, 3.8) is 0 Å². The van der Waals surface area contributed by atoms with Gasteiger partial charge in [0.05, 0.1) is 17.1 Å². The fourth-order valence-electron chi connectivity index (χ4n) is 1.83. The maximum atomic E-state index is 11.9. The standard InChI is InChI=1S/C16H17N3O4S/c1-10(23-14(20)8-13-9-24-11(2)17-13)15(21)19-16(22)18-12-6-4-3-5-7-12/h3-7,9-10H,8H2,1-2H3,(H2,18,19,21,22). The van der Waals surface area contributed by atoms with Gasteiger partial charge in [0, 0.05) is 11.1 Å². The molecule has 2 aromatic rings. The van der Waals surface area contributed by atoms with Crippen molar-refractivity contribution in [3.05, 3.63) is 46.4 Å². The predicted molar refractivity (Wildman–Crippen MR) is 89.7 cm³/mol. The van der Waals surface area contributed by atoms with Crippen molar-refractivity contribution in [2.75, 3.05) is 5.32 Å². The summed E-state index contributed by atoms with van der Waals surface area (Å²) in [7, 11) is 0. The zero-order valence-electron chi connectivity index (χ0n) is 13.2. The van der Waals surface area contributed by atoms with Gasteiger partial charge in [0.25, 0.3) is 5.91 Å². The first-order valence-corrected chi connectivity index (χ1v) is 8.09. The van der Waals surface area contributed by atoms with Crippen LogP contribution in [0.3, 0.4) is 0 Å². The SMILES string of the molecule is Cc1nc(CC(=O)OC(C)C(=O)NC(=O)Nc2ccccc2)cs1. The zero-order valence-corrected chi connectivity index (χ0v) is 14.1. The van der Waals surface area contributed by atoms with Crippen molar-refractivity contribution in [1.82, 2.24) is 10.3 Å². The number of aryl methyl sites for hydroxylation is 1. The topological polar surface area (TPSA) is 97.4 Å². The summed E-state index contributed by atoms with van der Waals surface area (Å²) in [6.45, 7) is 3.23. The number of carbonyl (C=O) groups excluding carboxylic acids is 3. The van der Waals surface area contributed by atoms with E-state index in [0.29, 0.717) is 11.4 Å². The number of imide groups is 1. The van der Waals surface area contributed by atoms with E-state index < -0.39 is 24.0 Å². The number of carbonyl (C=O) groups is 3. The second-order valence-electron chi connectivity index (χ2n) is 4.98. The third-order valence-corrected chi connectivity index (χ3v) is 3.76. The summed E-state index contributed by atoms with van der Waals surface area (Å²) in [5.74, 6) is -1.28. The lowest BCUT2D eigenvalue weighted by Crippen LogP contribution is -2.41. The number of benzene rings is 1. The second kappa shape index (κ2) is 8.21. The molecule has 0 spiro atoms. The normalized spacial score (nSPS) is 11.4. The van der Waals surface area contributed by atoms with Crippen LogP contribution in [0.15, 0.2) is 35.7 Å². The van der Waals surface area contributed by atoms with Gasteiger partial charge in [-0.1, -0.05) is 18.2 Å². The van der Waals surface area contributed by atoms with Crippen LogP contribution in [0.2, 0.25) is 0 Å². The fourth-order valence-corrected chi connectivity index (χ4v) is 2.44. The number of rotatable bonds is 5. The molecule has 126 valence electrons. The van der Waals surface area contributed by atoms with E-state index in [9.17, 15) is 14.4 Å². The molecule has 8 heteroatoms. The molecule has 0 bridgehead atoms. The Morgan fingerprint density at radius 1 is 1.25 bits per heavy atom. The molecule has 1 unspecified atom stereocenters. The highest BCUT2D eigenvalue weighted by Gasteiger charge is 2.20. The lowest BCUT2D eigenvalue weighted by atomic mass is 10.3. The molecular weight excluding hydrogens is 330 g/mol. The summed E-state index contributed by atoms with van der Waals surface area (Å²) in [5, 5.41) is 7.23. The molecule has 0 aliphatic heterocycles. The number of amides is 3. The Bertz CT molecular complexity index is 730. The summed E-state index contributed by atoms with van der Waals surface area (Å²) in [6.07, 6.45) is -1.10. The number of thiazole rings is 1. The van der Waals surface area contributed by atoms with Gasteiger partial charge in [0.1, 0.15) is 0 Å². The van der Waals surface area contributed by atoms with Crippen LogP contribution >= 0.6 is 11.3 Å². The molecule has 0 saturated carbocycles. The second-order valence-corrected chi connectivity index (χ2v) is 6.04. The molecule has 0 saturated heterocycles. The number of anilines is 1. The number of urea groups is 1.